The molecular formula is C8H15O. The van der Waals surface area contributed by atoms with Crippen LogP contribution in [0.2, 0.25) is 0 Å². The van der Waals surface area contributed by atoms with E-state index >= 15 is 0 Å². The summed E-state index contributed by atoms with van der Waals surface area (Å²) in [5, 5.41) is 10.4. The molecule has 0 N–H and O–H groups in total. The molecule has 0 unspecified atom stereocenters. The van der Waals surface area contributed by atoms with Crippen LogP contribution < -0.4 is 0 Å². The second-order valence-electron chi connectivity index (χ2n) is 3.02. The first-order chi connectivity index (χ1) is 4.43. The van der Waals surface area contributed by atoms with Crippen LogP contribution in [0.3, 0.4) is 0 Å². The van der Waals surface area contributed by atoms with Crippen LogP contribution in [0.1, 0.15) is 38.5 Å². The standard InChI is InChI=1S/C8H15O/c9-7-8-5-3-1-2-4-6-8/h8H,1-7H2. The zero-order valence-electron chi connectivity index (χ0n) is 5.94. The Labute approximate surface area is 57.1 Å². The van der Waals surface area contributed by atoms with Gasteiger partial charge in [0.05, 0.1) is 6.61 Å². The number of hydrogen-bond acceptors (Lipinski definition) is 0. The van der Waals surface area contributed by atoms with Crippen LogP contribution in [0, 0.1) is 5.92 Å². The molecule has 0 saturated heterocycles. The minimum absolute atomic E-state index is 0.167. The third kappa shape index (κ3) is 2.35. The lowest BCUT2D eigenvalue weighted by Crippen LogP contribution is -2.01. The molecule has 0 amide bonds. The predicted molar refractivity (Wildman–Crippen MR) is 36.7 cm³/mol. The van der Waals surface area contributed by atoms with E-state index in [0.717, 1.165) is 0 Å². The third-order valence-electron chi connectivity index (χ3n) is 2.21. The van der Waals surface area contributed by atoms with Crippen LogP contribution >= 0.6 is 0 Å². The Morgan fingerprint density at radius 3 is 2.00 bits per heavy atom. The molecule has 53 valence electrons. The normalized spacial score (nSPS) is 23.7. The summed E-state index contributed by atoms with van der Waals surface area (Å²) in [5.41, 5.74) is 0. The van der Waals surface area contributed by atoms with Crippen molar-refractivity contribution in [3.63, 3.8) is 0 Å². The lowest BCUT2D eigenvalue weighted by Gasteiger charge is -2.06. The van der Waals surface area contributed by atoms with Gasteiger partial charge in [-0.05, 0) is 18.8 Å². The molecule has 0 aromatic carbocycles. The molecule has 1 radical (unpaired) electrons. The second kappa shape index (κ2) is 3.89. The molecule has 1 saturated carbocycles. The molecule has 0 atom stereocenters. The molecule has 0 heterocycles. The van der Waals surface area contributed by atoms with Crippen molar-refractivity contribution in [2.24, 2.45) is 5.92 Å². The Hall–Kier alpha value is -0.0400. The van der Waals surface area contributed by atoms with Crippen molar-refractivity contribution in [3.05, 3.63) is 0 Å². The first kappa shape index (κ1) is 7.07. The van der Waals surface area contributed by atoms with Crippen LogP contribution in [0.4, 0.5) is 0 Å². The van der Waals surface area contributed by atoms with Gasteiger partial charge in [0.2, 0.25) is 0 Å². The smallest absolute Gasteiger partial charge is 0.0850 e. The van der Waals surface area contributed by atoms with Crippen molar-refractivity contribution in [3.8, 4) is 0 Å². The summed E-state index contributed by atoms with van der Waals surface area (Å²) in [6, 6.07) is 0. The molecule has 1 nitrogen and oxygen atoms in total. The summed E-state index contributed by atoms with van der Waals surface area (Å²) < 4.78 is 0. The molecule has 0 spiro atoms. The summed E-state index contributed by atoms with van der Waals surface area (Å²) in [4.78, 5) is 0. The Kier molecular flexibility index (Phi) is 3.05. The molecule has 0 aliphatic heterocycles. The van der Waals surface area contributed by atoms with Gasteiger partial charge in [-0.3, -0.25) is 0 Å². The van der Waals surface area contributed by atoms with Gasteiger partial charge in [-0.25, -0.2) is 5.11 Å². The van der Waals surface area contributed by atoms with Gasteiger partial charge >= 0.3 is 0 Å². The SMILES string of the molecule is [O]CC1CCCCCC1. The van der Waals surface area contributed by atoms with Crippen molar-refractivity contribution in [2.75, 3.05) is 6.61 Å². The molecule has 1 aliphatic carbocycles. The maximum Gasteiger partial charge on any atom is 0.0850 e. The fourth-order valence-electron chi connectivity index (χ4n) is 1.53. The van der Waals surface area contributed by atoms with Crippen molar-refractivity contribution in [1.82, 2.24) is 0 Å². The fraction of sp³-hybridized carbons (Fsp3) is 1.00. The summed E-state index contributed by atoms with van der Waals surface area (Å²) in [5.74, 6) is 0.521. The molecule has 9 heavy (non-hydrogen) atoms. The molecule has 1 heteroatoms. The summed E-state index contributed by atoms with van der Waals surface area (Å²) in [7, 11) is 0. The van der Waals surface area contributed by atoms with Crippen LogP contribution in [0.5, 0.6) is 0 Å². The van der Waals surface area contributed by atoms with E-state index in [-0.39, 0.29) is 6.61 Å². The Balaban J connectivity index is 2.18. The second-order valence-corrected chi connectivity index (χ2v) is 3.02. The Morgan fingerprint density at radius 2 is 1.56 bits per heavy atom. The highest BCUT2D eigenvalue weighted by Crippen LogP contribution is 2.21. The van der Waals surface area contributed by atoms with E-state index in [1.54, 1.807) is 0 Å². The van der Waals surface area contributed by atoms with Crippen molar-refractivity contribution >= 4 is 0 Å². The molecule has 1 aliphatic rings. The Morgan fingerprint density at radius 1 is 1.00 bits per heavy atom. The zero-order valence-corrected chi connectivity index (χ0v) is 5.94. The molecular weight excluding hydrogens is 112 g/mol. The predicted octanol–water partition coefficient (Wildman–Crippen LogP) is 2.39. The van der Waals surface area contributed by atoms with Crippen LogP contribution in [0.25, 0.3) is 0 Å². The first-order valence-electron chi connectivity index (χ1n) is 4.01. The zero-order chi connectivity index (χ0) is 6.53. The quantitative estimate of drug-likeness (QED) is 0.482. The molecule has 0 aromatic rings. The summed E-state index contributed by atoms with van der Waals surface area (Å²) in [6.45, 7) is 0.167. The van der Waals surface area contributed by atoms with Crippen molar-refractivity contribution < 1.29 is 5.11 Å². The van der Waals surface area contributed by atoms with E-state index in [9.17, 15) is 5.11 Å². The summed E-state index contributed by atoms with van der Waals surface area (Å²) >= 11 is 0. The van der Waals surface area contributed by atoms with Gasteiger partial charge in [0.25, 0.3) is 0 Å². The van der Waals surface area contributed by atoms with Gasteiger partial charge in [-0.15, -0.1) is 0 Å². The van der Waals surface area contributed by atoms with E-state index in [1.807, 2.05) is 0 Å². The van der Waals surface area contributed by atoms with Gasteiger partial charge in [-0.2, -0.15) is 0 Å². The highest BCUT2D eigenvalue weighted by molar-refractivity contribution is 4.62. The van der Waals surface area contributed by atoms with E-state index in [2.05, 4.69) is 0 Å². The van der Waals surface area contributed by atoms with E-state index < -0.39 is 0 Å². The average molecular weight is 127 g/mol. The maximum atomic E-state index is 10.4. The monoisotopic (exact) mass is 127 g/mol. The third-order valence-corrected chi connectivity index (χ3v) is 2.21. The fourth-order valence-corrected chi connectivity index (χ4v) is 1.53. The van der Waals surface area contributed by atoms with Crippen LogP contribution in [-0.2, 0) is 5.11 Å². The largest absolute Gasteiger partial charge is 0.236 e. The Bertz CT molecular complexity index is 63.0. The van der Waals surface area contributed by atoms with E-state index in [4.69, 9.17) is 0 Å². The lowest BCUT2D eigenvalue weighted by atomic mass is 10.0. The topological polar surface area (TPSA) is 19.9 Å². The summed E-state index contributed by atoms with van der Waals surface area (Å²) in [6.07, 6.45) is 7.71. The van der Waals surface area contributed by atoms with Gasteiger partial charge in [0.15, 0.2) is 0 Å². The highest BCUT2D eigenvalue weighted by atomic mass is 16.3. The average Bonchev–Trinajstić information content (AvgIpc) is 2.13. The highest BCUT2D eigenvalue weighted by Gasteiger charge is 2.10. The minimum atomic E-state index is 0.167. The van der Waals surface area contributed by atoms with Gasteiger partial charge in [0, 0.05) is 0 Å². The van der Waals surface area contributed by atoms with E-state index in [0.29, 0.717) is 5.92 Å². The van der Waals surface area contributed by atoms with Crippen molar-refractivity contribution in [2.45, 2.75) is 38.5 Å². The lowest BCUT2D eigenvalue weighted by molar-refractivity contribution is 0.135. The number of rotatable bonds is 1. The number of hydrogen-bond donors (Lipinski definition) is 0. The maximum absolute atomic E-state index is 10.4. The molecule has 0 bridgehead atoms. The van der Waals surface area contributed by atoms with Crippen LogP contribution in [0.15, 0.2) is 0 Å². The van der Waals surface area contributed by atoms with Gasteiger partial charge in [0.1, 0.15) is 0 Å². The first-order valence-corrected chi connectivity index (χ1v) is 4.01. The molecule has 1 rings (SSSR count). The minimum Gasteiger partial charge on any atom is -0.236 e. The van der Waals surface area contributed by atoms with Crippen molar-refractivity contribution in [1.29, 1.82) is 0 Å². The van der Waals surface area contributed by atoms with Crippen LogP contribution in [-0.4, -0.2) is 6.61 Å². The van der Waals surface area contributed by atoms with Gasteiger partial charge in [-0.1, -0.05) is 25.7 Å². The molecule has 1 fully saturated rings. The van der Waals surface area contributed by atoms with Gasteiger partial charge < -0.3 is 0 Å². The molecule has 0 aromatic heterocycles. The van der Waals surface area contributed by atoms with E-state index in [1.165, 1.54) is 38.5 Å².